The monoisotopic (exact) mass is 425 g/mol. The molecule has 27 heavy (non-hydrogen) atoms. The van der Waals surface area contributed by atoms with Crippen molar-refractivity contribution in [3.63, 3.8) is 0 Å². The molecule has 0 bridgehead atoms. The Morgan fingerprint density at radius 2 is 1.70 bits per heavy atom. The van der Waals surface area contributed by atoms with Gasteiger partial charge in [0.1, 0.15) is 0 Å². The molecule has 0 fully saturated rings. The molecule has 0 radical (unpaired) electrons. The van der Waals surface area contributed by atoms with Crippen molar-refractivity contribution in [2.75, 3.05) is 13.1 Å². The van der Waals surface area contributed by atoms with Crippen LogP contribution in [-0.4, -0.2) is 29.9 Å². The summed E-state index contributed by atoms with van der Waals surface area (Å²) in [7, 11) is 0. The van der Waals surface area contributed by atoms with E-state index in [4.69, 9.17) is 0 Å². The largest absolute Gasteiger partial charge is 0.352 e. The molecule has 0 saturated carbocycles. The fourth-order valence-corrected chi connectivity index (χ4v) is 3.16. The van der Waals surface area contributed by atoms with E-state index in [0.29, 0.717) is 36.3 Å². The Morgan fingerprint density at radius 3 is 2.48 bits per heavy atom. The van der Waals surface area contributed by atoms with Gasteiger partial charge in [-0.3, -0.25) is 14.6 Å². The predicted octanol–water partition coefficient (Wildman–Crippen LogP) is 3.86. The lowest BCUT2D eigenvalue weighted by Crippen LogP contribution is -2.30. The summed E-state index contributed by atoms with van der Waals surface area (Å²) in [6.45, 7) is 2.80. The number of aromatic nitrogens is 1. The number of halogens is 1. The van der Waals surface area contributed by atoms with Crippen molar-refractivity contribution < 1.29 is 9.59 Å². The molecule has 2 aromatic carbocycles. The maximum atomic E-state index is 12.4. The van der Waals surface area contributed by atoms with Crippen LogP contribution in [0.5, 0.6) is 0 Å². The van der Waals surface area contributed by atoms with E-state index >= 15 is 0 Å². The Labute approximate surface area is 166 Å². The molecule has 0 aliphatic heterocycles. The number of carbonyl (C=O) groups excluding carboxylic acids is 2. The van der Waals surface area contributed by atoms with Crippen molar-refractivity contribution >= 4 is 38.6 Å². The fourth-order valence-electron chi connectivity index (χ4n) is 2.76. The molecule has 5 nitrogen and oxygen atoms in total. The lowest BCUT2D eigenvalue weighted by molar-refractivity contribution is 0.0951. The number of carbonyl (C=O) groups is 2. The molecule has 1 heterocycles. The second kappa shape index (κ2) is 8.77. The fraction of sp³-hybridized carbons (Fsp3) is 0.190. The lowest BCUT2D eigenvalue weighted by atomic mass is 10.1. The number of nitrogens with one attached hydrogen (secondary N) is 2. The summed E-state index contributed by atoms with van der Waals surface area (Å²) >= 11 is 3.35. The van der Waals surface area contributed by atoms with Gasteiger partial charge in [0, 0.05) is 28.5 Å². The summed E-state index contributed by atoms with van der Waals surface area (Å²) in [5.74, 6) is -0.277. The first-order chi connectivity index (χ1) is 13.0. The highest BCUT2D eigenvalue weighted by atomic mass is 79.9. The van der Waals surface area contributed by atoms with Crippen molar-refractivity contribution in [2.24, 2.45) is 0 Å². The molecule has 1 aromatic heterocycles. The molecule has 6 heteroatoms. The van der Waals surface area contributed by atoms with E-state index in [0.717, 1.165) is 15.4 Å². The van der Waals surface area contributed by atoms with Gasteiger partial charge in [0.05, 0.1) is 16.8 Å². The molecule has 0 atom stereocenters. The van der Waals surface area contributed by atoms with Gasteiger partial charge >= 0.3 is 0 Å². The van der Waals surface area contributed by atoms with Crippen LogP contribution < -0.4 is 10.6 Å². The van der Waals surface area contributed by atoms with Crippen molar-refractivity contribution in [2.45, 2.75) is 13.3 Å². The summed E-state index contributed by atoms with van der Waals surface area (Å²) in [6.07, 6.45) is 0.644. The zero-order chi connectivity index (χ0) is 19.2. The predicted molar refractivity (Wildman–Crippen MR) is 110 cm³/mol. The number of rotatable bonds is 6. The first-order valence-corrected chi connectivity index (χ1v) is 9.52. The number of aryl methyl sites for hydroxylation is 1. The van der Waals surface area contributed by atoms with Crippen LogP contribution in [0.2, 0.25) is 0 Å². The molecule has 3 aromatic rings. The molecular weight excluding hydrogens is 406 g/mol. The van der Waals surface area contributed by atoms with Crippen LogP contribution in [0, 0.1) is 6.92 Å². The minimum Gasteiger partial charge on any atom is -0.352 e. The van der Waals surface area contributed by atoms with E-state index in [1.165, 1.54) is 0 Å². The highest BCUT2D eigenvalue weighted by Crippen LogP contribution is 2.16. The van der Waals surface area contributed by atoms with E-state index < -0.39 is 0 Å². The van der Waals surface area contributed by atoms with Crippen LogP contribution in [-0.2, 0) is 0 Å². The molecule has 0 saturated heterocycles. The number of hydrogen-bond acceptors (Lipinski definition) is 3. The van der Waals surface area contributed by atoms with Gasteiger partial charge in [0.2, 0.25) is 0 Å². The first-order valence-electron chi connectivity index (χ1n) is 8.73. The number of amides is 2. The Bertz CT molecular complexity index is 988. The molecule has 138 valence electrons. The maximum Gasteiger partial charge on any atom is 0.253 e. The Kier molecular flexibility index (Phi) is 6.19. The highest BCUT2D eigenvalue weighted by Gasteiger charge is 2.11. The second-order valence-electron chi connectivity index (χ2n) is 6.19. The SMILES string of the molecule is Cc1nc2ccccc2cc1C(=O)NCCCNC(=O)c1cccc(Br)c1. The molecular formula is C21H20BrN3O2. The molecule has 0 aliphatic rings. The lowest BCUT2D eigenvalue weighted by Gasteiger charge is -2.09. The van der Waals surface area contributed by atoms with Crippen LogP contribution >= 0.6 is 15.9 Å². The maximum absolute atomic E-state index is 12.4. The normalized spacial score (nSPS) is 10.6. The molecule has 0 spiro atoms. The van der Waals surface area contributed by atoms with Gasteiger partial charge in [-0.2, -0.15) is 0 Å². The Balaban J connectivity index is 1.48. The van der Waals surface area contributed by atoms with Gasteiger partial charge < -0.3 is 10.6 Å². The van der Waals surface area contributed by atoms with Gasteiger partial charge in [0.15, 0.2) is 0 Å². The number of nitrogens with zero attached hydrogens (tertiary/aromatic N) is 1. The van der Waals surface area contributed by atoms with Crippen LogP contribution in [0.4, 0.5) is 0 Å². The number of hydrogen-bond donors (Lipinski definition) is 2. The number of fused-ring (bicyclic) bond motifs is 1. The summed E-state index contributed by atoms with van der Waals surface area (Å²) in [5, 5.41) is 6.68. The summed E-state index contributed by atoms with van der Waals surface area (Å²) in [6, 6.07) is 16.8. The van der Waals surface area contributed by atoms with E-state index in [1.54, 1.807) is 12.1 Å². The van der Waals surface area contributed by atoms with Crippen LogP contribution in [0.25, 0.3) is 10.9 Å². The van der Waals surface area contributed by atoms with Gasteiger partial charge in [-0.25, -0.2) is 0 Å². The van der Waals surface area contributed by atoms with E-state index in [2.05, 4.69) is 31.5 Å². The van der Waals surface area contributed by atoms with Crippen LogP contribution in [0.1, 0.15) is 32.8 Å². The third kappa shape index (κ3) is 4.92. The first kappa shape index (κ1) is 19.0. The van der Waals surface area contributed by atoms with Crippen molar-refractivity contribution in [1.29, 1.82) is 0 Å². The number of benzene rings is 2. The summed E-state index contributed by atoms with van der Waals surface area (Å²) in [5.41, 5.74) is 2.76. The standard InChI is InChI=1S/C21H20BrN3O2/c1-14-18(13-15-6-2-3-9-19(15)25-14)21(27)24-11-5-10-23-20(26)16-7-4-8-17(22)12-16/h2-4,6-9,12-13H,5,10-11H2,1H3,(H,23,26)(H,24,27). The topological polar surface area (TPSA) is 71.1 Å². The van der Waals surface area contributed by atoms with E-state index in [1.807, 2.05) is 49.4 Å². The molecule has 2 amide bonds. The van der Waals surface area contributed by atoms with Crippen LogP contribution in [0.15, 0.2) is 59.1 Å². The van der Waals surface area contributed by atoms with E-state index in [-0.39, 0.29) is 11.8 Å². The van der Waals surface area contributed by atoms with Gasteiger partial charge in [-0.15, -0.1) is 0 Å². The summed E-state index contributed by atoms with van der Waals surface area (Å²) in [4.78, 5) is 29.0. The quantitative estimate of drug-likeness (QED) is 0.589. The zero-order valence-corrected chi connectivity index (χ0v) is 16.5. The van der Waals surface area contributed by atoms with E-state index in [9.17, 15) is 9.59 Å². The van der Waals surface area contributed by atoms with Crippen LogP contribution in [0.3, 0.4) is 0 Å². The minimum absolute atomic E-state index is 0.128. The number of para-hydroxylation sites is 1. The molecule has 3 rings (SSSR count). The summed E-state index contributed by atoms with van der Waals surface area (Å²) < 4.78 is 0.863. The highest BCUT2D eigenvalue weighted by molar-refractivity contribution is 9.10. The average molecular weight is 426 g/mol. The average Bonchev–Trinajstić information content (AvgIpc) is 2.66. The Hall–Kier alpha value is -2.73. The molecule has 0 unspecified atom stereocenters. The van der Waals surface area contributed by atoms with Gasteiger partial charge in [0.25, 0.3) is 11.8 Å². The Morgan fingerprint density at radius 1 is 0.963 bits per heavy atom. The smallest absolute Gasteiger partial charge is 0.253 e. The number of pyridine rings is 1. The van der Waals surface area contributed by atoms with Crippen molar-refractivity contribution in [3.05, 3.63) is 75.9 Å². The minimum atomic E-state index is -0.149. The van der Waals surface area contributed by atoms with Gasteiger partial charge in [-0.05, 0) is 43.7 Å². The second-order valence-corrected chi connectivity index (χ2v) is 7.11. The van der Waals surface area contributed by atoms with Crippen molar-refractivity contribution in [3.8, 4) is 0 Å². The molecule has 0 aliphatic carbocycles. The zero-order valence-electron chi connectivity index (χ0n) is 15.0. The third-order valence-corrected chi connectivity index (χ3v) is 4.66. The van der Waals surface area contributed by atoms with Crippen molar-refractivity contribution in [1.82, 2.24) is 15.6 Å². The molecule has 2 N–H and O–H groups in total. The third-order valence-electron chi connectivity index (χ3n) is 4.17. The van der Waals surface area contributed by atoms with Gasteiger partial charge in [-0.1, -0.05) is 40.2 Å².